The summed E-state index contributed by atoms with van der Waals surface area (Å²) >= 11 is 0. The number of benzene rings is 3. The highest BCUT2D eigenvalue weighted by molar-refractivity contribution is 5.83. The van der Waals surface area contributed by atoms with Gasteiger partial charge in [-0.3, -0.25) is 4.79 Å². The standard InChI is InChI=1S/C21H18O2/c22-21(23)15-12-16-10-13-18(14-11-16)20-9-5-4-8-19(20)17-6-2-1-3-7-17/h1-11,13-14H,12,15H2,(H,22,23). The molecule has 2 nitrogen and oxygen atoms in total. The summed E-state index contributed by atoms with van der Waals surface area (Å²) in [6.45, 7) is 0. The van der Waals surface area contributed by atoms with Gasteiger partial charge in [-0.25, -0.2) is 0 Å². The second-order valence-electron chi connectivity index (χ2n) is 5.50. The minimum Gasteiger partial charge on any atom is -0.481 e. The first-order valence-electron chi connectivity index (χ1n) is 7.69. The van der Waals surface area contributed by atoms with E-state index in [1.54, 1.807) is 0 Å². The fraction of sp³-hybridized carbons (Fsp3) is 0.0952. The third-order valence-electron chi connectivity index (χ3n) is 3.90. The summed E-state index contributed by atoms with van der Waals surface area (Å²) in [5.41, 5.74) is 5.77. The largest absolute Gasteiger partial charge is 0.481 e. The van der Waals surface area contributed by atoms with Gasteiger partial charge in [0.25, 0.3) is 0 Å². The van der Waals surface area contributed by atoms with E-state index in [9.17, 15) is 4.79 Å². The molecule has 0 spiro atoms. The Labute approximate surface area is 136 Å². The highest BCUT2D eigenvalue weighted by Crippen LogP contribution is 2.31. The number of aliphatic carboxylic acids is 1. The molecule has 0 amide bonds. The summed E-state index contributed by atoms with van der Waals surface area (Å²) in [6.07, 6.45) is 0.732. The van der Waals surface area contributed by atoms with Gasteiger partial charge in [-0.15, -0.1) is 0 Å². The van der Waals surface area contributed by atoms with Gasteiger partial charge in [0.15, 0.2) is 0 Å². The van der Waals surface area contributed by atoms with Crippen LogP contribution < -0.4 is 0 Å². The van der Waals surface area contributed by atoms with Crippen LogP contribution in [0.3, 0.4) is 0 Å². The molecule has 0 fully saturated rings. The fourth-order valence-corrected chi connectivity index (χ4v) is 2.71. The van der Waals surface area contributed by atoms with Crippen molar-refractivity contribution in [3.8, 4) is 22.3 Å². The molecule has 0 aliphatic rings. The number of rotatable bonds is 5. The number of carboxylic acid groups (broad SMARTS) is 1. The molecule has 1 N–H and O–H groups in total. The first-order chi connectivity index (χ1) is 11.2. The summed E-state index contributed by atoms with van der Waals surface area (Å²) in [6, 6.07) is 26.8. The van der Waals surface area contributed by atoms with Gasteiger partial charge in [-0.1, -0.05) is 78.9 Å². The predicted molar refractivity (Wildman–Crippen MR) is 93.3 cm³/mol. The smallest absolute Gasteiger partial charge is 0.303 e. The number of aryl methyl sites for hydroxylation is 1. The van der Waals surface area contributed by atoms with E-state index in [0.717, 1.165) is 11.1 Å². The van der Waals surface area contributed by atoms with E-state index >= 15 is 0 Å². The van der Waals surface area contributed by atoms with Crippen LogP contribution in [-0.4, -0.2) is 11.1 Å². The number of carboxylic acids is 1. The van der Waals surface area contributed by atoms with Crippen LogP contribution in [0.5, 0.6) is 0 Å². The van der Waals surface area contributed by atoms with Gasteiger partial charge >= 0.3 is 5.97 Å². The maximum atomic E-state index is 10.7. The summed E-state index contributed by atoms with van der Waals surface area (Å²) < 4.78 is 0. The monoisotopic (exact) mass is 302 g/mol. The minimum absolute atomic E-state index is 0.167. The van der Waals surface area contributed by atoms with E-state index in [0.29, 0.717) is 6.42 Å². The van der Waals surface area contributed by atoms with Crippen LogP contribution >= 0.6 is 0 Å². The van der Waals surface area contributed by atoms with E-state index in [1.165, 1.54) is 16.7 Å². The molecule has 0 aromatic heterocycles. The normalized spacial score (nSPS) is 10.4. The molecule has 3 aromatic rings. The van der Waals surface area contributed by atoms with Crippen molar-refractivity contribution in [3.63, 3.8) is 0 Å². The first kappa shape index (κ1) is 15.0. The third kappa shape index (κ3) is 3.67. The Kier molecular flexibility index (Phi) is 4.53. The van der Waals surface area contributed by atoms with Crippen molar-refractivity contribution in [1.29, 1.82) is 0 Å². The van der Waals surface area contributed by atoms with E-state index in [4.69, 9.17) is 5.11 Å². The van der Waals surface area contributed by atoms with Gasteiger partial charge < -0.3 is 5.11 Å². The maximum Gasteiger partial charge on any atom is 0.303 e. The maximum absolute atomic E-state index is 10.7. The van der Waals surface area contributed by atoms with Crippen LogP contribution in [-0.2, 0) is 11.2 Å². The Morgan fingerprint density at radius 1 is 0.696 bits per heavy atom. The molecule has 0 aliphatic heterocycles. The van der Waals surface area contributed by atoms with Crippen LogP contribution in [0, 0.1) is 0 Å². The van der Waals surface area contributed by atoms with Crippen molar-refractivity contribution in [2.45, 2.75) is 12.8 Å². The average Bonchev–Trinajstić information content (AvgIpc) is 2.61. The lowest BCUT2D eigenvalue weighted by atomic mass is 9.94. The molecule has 0 radical (unpaired) electrons. The molecule has 0 unspecified atom stereocenters. The highest BCUT2D eigenvalue weighted by Gasteiger charge is 2.07. The summed E-state index contributed by atoms with van der Waals surface area (Å²) in [4.78, 5) is 10.7. The molecule has 0 heterocycles. The van der Waals surface area contributed by atoms with E-state index in [1.807, 2.05) is 42.5 Å². The zero-order valence-corrected chi connectivity index (χ0v) is 12.8. The predicted octanol–water partition coefficient (Wildman–Crippen LogP) is 5.04. The van der Waals surface area contributed by atoms with Crippen molar-refractivity contribution < 1.29 is 9.90 Å². The molecule has 114 valence electrons. The second kappa shape index (κ2) is 6.93. The lowest BCUT2D eigenvalue weighted by Gasteiger charge is -2.10. The Balaban J connectivity index is 1.92. The zero-order chi connectivity index (χ0) is 16.1. The van der Waals surface area contributed by atoms with Crippen molar-refractivity contribution in [1.82, 2.24) is 0 Å². The average molecular weight is 302 g/mol. The minimum atomic E-state index is -0.761. The molecular weight excluding hydrogens is 284 g/mol. The molecule has 3 rings (SSSR count). The molecule has 0 aliphatic carbocycles. The van der Waals surface area contributed by atoms with Crippen molar-refractivity contribution in [3.05, 3.63) is 84.4 Å². The van der Waals surface area contributed by atoms with Crippen molar-refractivity contribution >= 4 is 5.97 Å². The van der Waals surface area contributed by atoms with E-state index in [-0.39, 0.29) is 6.42 Å². The van der Waals surface area contributed by atoms with E-state index in [2.05, 4.69) is 36.4 Å². The summed E-state index contributed by atoms with van der Waals surface area (Å²) in [7, 11) is 0. The van der Waals surface area contributed by atoms with Crippen LogP contribution in [0.2, 0.25) is 0 Å². The molecule has 0 atom stereocenters. The van der Waals surface area contributed by atoms with E-state index < -0.39 is 5.97 Å². The number of hydrogen-bond acceptors (Lipinski definition) is 1. The first-order valence-corrected chi connectivity index (χ1v) is 7.69. The van der Waals surface area contributed by atoms with Crippen LogP contribution in [0.1, 0.15) is 12.0 Å². The summed E-state index contributed by atoms with van der Waals surface area (Å²) in [5, 5.41) is 8.77. The second-order valence-corrected chi connectivity index (χ2v) is 5.50. The quantitative estimate of drug-likeness (QED) is 0.717. The highest BCUT2D eigenvalue weighted by atomic mass is 16.4. The zero-order valence-electron chi connectivity index (χ0n) is 12.8. The lowest BCUT2D eigenvalue weighted by Crippen LogP contribution is -1.97. The van der Waals surface area contributed by atoms with Crippen LogP contribution in [0.4, 0.5) is 0 Å². The summed E-state index contributed by atoms with van der Waals surface area (Å²) in [5.74, 6) is -0.761. The van der Waals surface area contributed by atoms with Gasteiger partial charge in [0.2, 0.25) is 0 Å². The van der Waals surface area contributed by atoms with Gasteiger partial charge in [0, 0.05) is 6.42 Å². The Morgan fingerprint density at radius 2 is 1.22 bits per heavy atom. The van der Waals surface area contributed by atoms with Crippen LogP contribution in [0.25, 0.3) is 22.3 Å². The van der Waals surface area contributed by atoms with Gasteiger partial charge in [0.1, 0.15) is 0 Å². The lowest BCUT2D eigenvalue weighted by molar-refractivity contribution is -0.136. The molecule has 0 saturated heterocycles. The van der Waals surface area contributed by atoms with Crippen molar-refractivity contribution in [2.24, 2.45) is 0 Å². The van der Waals surface area contributed by atoms with Gasteiger partial charge in [0.05, 0.1) is 0 Å². The molecule has 0 saturated carbocycles. The molecule has 0 bridgehead atoms. The van der Waals surface area contributed by atoms with Gasteiger partial charge in [-0.2, -0.15) is 0 Å². The topological polar surface area (TPSA) is 37.3 Å². The number of hydrogen-bond donors (Lipinski definition) is 1. The molecular formula is C21H18O2. The van der Waals surface area contributed by atoms with Crippen molar-refractivity contribution in [2.75, 3.05) is 0 Å². The Morgan fingerprint density at radius 3 is 1.78 bits per heavy atom. The fourth-order valence-electron chi connectivity index (χ4n) is 2.71. The SMILES string of the molecule is O=C(O)CCc1ccc(-c2ccccc2-c2ccccc2)cc1. The molecule has 3 aromatic carbocycles. The van der Waals surface area contributed by atoms with Crippen LogP contribution in [0.15, 0.2) is 78.9 Å². The number of carbonyl (C=O) groups is 1. The Hall–Kier alpha value is -2.87. The molecule has 2 heteroatoms. The Bertz CT molecular complexity index is 790. The third-order valence-corrected chi connectivity index (χ3v) is 3.90. The molecule has 23 heavy (non-hydrogen) atoms. The van der Waals surface area contributed by atoms with Gasteiger partial charge in [-0.05, 0) is 34.2 Å².